The lowest BCUT2D eigenvalue weighted by molar-refractivity contribution is -0.123. The van der Waals surface area contributed by atoms with Gasteiger partial charge in [-0.1, -0.05) is 37.6 Å². The van der Waals surface area contributed by atoms with Crippen molar-refractivity contribution in [1.82, 2.24) is 5.32 Å². The van der Waals surface area contributed by atoms with E-state index in [-0.39, 0.29) is 30.2 Å². The molecule has 0 saturated heterocycles. The van der Waals surface area contributed by atoms with Gasteiger partial charge in [0.15, 0.2) is 0 Å². The first-order valence-electron chi connectivity index (χ1n) is 6.29. The summed E-state index contributed by atoms with van der Waals surface area (Å²) in [5.41, 5.74) is 6.37. The first-order valence-corrected chi connectivity index (χ1v) is 6.67. The van der Waals surface area contributed by atoms with E-state index in [0.29, 0.717) is 18.1 Å². The minimum Gasteiger partial charge on any atom is -0.356 e. The van der Waals surface area contributed by atoms with Crippen LogP contribution >= 0.6 is 24.0 Å². The van der Waals surface area contributed by atoms with E-state index in [9.17, 15) is 4.79 Å². The van der Waals surface area contributed by atoms with Gasteiger partial charge in [-0.2, -0.15) is 0 Å². The van der Waals surface area contributed by atoms with Crippen LogP contribution in [0.4, 0.5) is 0 Å². The summed E-state index contributed by atoms with van der Waals surface area (Å²) < 4.78 is 0. The molecule has 0 heterocycles. The lowest BCUT2D eigenvalue weighted by Crippen LogP contribution is -2.33. The highest BCUT2D eigenvalue weighted by Gasteiger charge is 2.23. The number of halogens is 2. The minimum absolute atomic E-state index is 0. The molecule has 1 aromatic carbocycles. The van der Waals surface area contributed by atoms with Crippen molar-refractivity contribution in [1.29, 1.82) is 0 Å². The zero-order valence-corrected chi connectivity index (χ0v) is 12.9. The molecule has 0 aromatic heterocycles. The van der Waals surface area contributed by atoms with Crippen LogP contribution in [-0.2, 0) is 4.79 Å². The summed E-state index contributed by atoms with van der Waals surface area (Å²) in [6.07, 6.45) is 0.798. The van der Waals surface area contributed by atoms with E-state index in [1.807, 2.05) is 38.1 Å². The summed E-state index contributed by atoms with van der Waals surface area (Å²) >= 11 is 5.98. The van der Waals surface area contributed by atoms with E-state index in [2.05, 4.69) is 5.32 Å². The smallest absolute Gasteiger partial charge is 0.227 e. The molecule has 0 bridgehead atoms. The fraction of sp³-hybridized carbons (Fsp3) is 0.500. The molecular formula is C14H22Cl2N2O. The number of carbonyl (C=O) groups excluding carboxylic acids is 1. The quantitative estimate of drug-likeness (QED) is 0.794. The second-order valence-corrected chi connectivity index (χ2v) is 5.15. The van der Waals surface area contributed by atoms with Crippen molar-refractivity contribution in [2.75, 3.05) is 13.1 Å². The minimum atomic E-state index is -0.165. The van der Waals surface area contributed by atoms with Crippen molar-refractivity contribution in [3.63, 3.8) is 0 Å². The van der Waals surface area contributed by atoms with Gasteiger partial charge < -0.3 is 11.1 Å². The predicted molar refractivity (Wildman–Crippen MR) is 83.0 cm³/mol. The number of hydrogen-bond donors (Lipinski definition) is 2. The molecule has 1 rings (SSSR count). The molecule has 1 aromatic rings. The lowest BCUT2D eigenvalue weighted by Gasteiger charge is -2.21. The van der Waals surface area contributed by atoms with E-state index < -0.39 is 0 Å². The van der Waals surface area contributed by atoms with Gasteiger partial charge in [0.1, 0.15) is 0 Å². The van der Waals surface area contributed by atoms with E-state index in [1.165, 1.54) is 0 Å². The number of benzene rings is 1. The molecule has 0 fully saturated rings. The maximum Gasteiger partial charge on any atom is 0.227 e. The average Bonchev–Trinajstić information content (AvgIpc) is 2.29. The molecule has 19 heavy (non-hydrogen) atoms. The molecular weight excluding hydrogens is 283 g/mol. The second-order valence-electron chi connectivity index (χ2n) is 4.71. The Labute approximate surface area is 126 Å². The average molecular weight is 305 g/mol. The highest BCUT2D eigenvalue weighted by atomic mass is 35.5. The fourth-order valence-electron chi connectivity index (χ4n) is 1.96. The van der Waals surface area contributed by atoms with Crippen LogP contribution in [0.15, 0.2) is 24.3 Å². The van der Waals surface area contributed by atoms with Crippen LogP contribution in [0.3, 0.4) is 0 Å². The van der Waals surface area contributed by atoms with Crippen molar-refractivity contribution >= 4 is 29.9 Å². The number of amides is 1. The molecule has 0 aliphatic carbocycles. The van der Waals surface area contributed by atoms with Crippen LogP contribution in [0.1, 0.15) is 31.7 Å². The van der Waals surface area contributed by atoms with Crippen molar-refractivity contribution in [2.45, 2.75) is 26.2 Å². The van der Waals surface area contributed by atoms with Gasteiger partial charge in [0.25, 0.3) is 0 Å². The van der Waals surface area contributed by atoms with Crippen LogP contribution in [0.25, 0.3) is 0 Å². The molecule has 1 amide bonds. The Kier molecular flexibility index (Phi) is 8.81. The van der Waals surface area contributed by atoms with Crippen LogP contribution in [0.2, 0.25) is 5.02 Å². The first kappa shape index (κ1) is 18.2. The number of rotatable bonds is 6. The Morgan fingerprint density at radius 3 is 2.63 bits per heavy atom. The van der Waals surface area contributed by atoms with Gasteiger partial charge in [0.2, 0.25) is 5.91 Å². The Bertz CT molecular complexity index is 397. The standard InChI is InChI=1S/C14H21ClN2O.ClH/c1-10(2)13(14(18)17-8-4-7-16)11-5-3-6-12(15)9-11;/h3,5-6,9-10,13H,4,7-8,16H2,1-2H3,(H,17,18);1H. The van der Waals surface area contributed by atoms with Crippen molar-refractivity contribution in [3.8, 4) is 0 Å². The highest BCUT2D eigenvalue weighted by molar-refractivity contribution is 6.30. The molecule has 3 nitrogen and oxygen atoms in total. The largest absolute Gasteiger partial charge is 0.356 e. The molecule has 3 N–H and O–H groups in total. The van der Waals surface area contributed by atoms with Gasteiger partial charge in [0.05, 0.1) is 5.92 Å². The Hall–Kier alpha value is -0.770. The summed E-state index contributed by atoms with van der Waals surface area (Å²) in [5, 5.41) is 3.58. The van der Waals surface area contributed by atoms with Crippen LogP contribution in [0.5, 0.6) is 0 Å². The predicted octanol–water partition coefficient (Wildman–Crippen LogP) is 2.97. The summed E-state index contributed by atoms with van der Waals surface area (Å²) in [7, 11) is 0. The van der Waals surface area contributed by atoms with E-state index in [1.54, 1.807) is 0 Å². The third-order valence-corrected chi connectivity index (χ3v) is 3.07. The Balaban J connectivity index is 0.00000324. The SMILES string of the molecule is CC(C)C(C(=O)NCCCN)c1cccc(Cl)c1.Cl. The van der Waals surface area contributed by atoms with Gasteiger partial charge in [-0.3, -0.25) is 4.79 Å². The molecule has 0 radical (unpaired) electrons. The summed E-state index contributed by atoms with van der Waals surface area (Å²) in [6, 6.07) is 7.49. The van der Waals surface area contributed by atoms with E-state index in [0.717, 1.165) is 12.0 Å². The maximum atomic E-state index is 12.2. The molecule has 0 saturated carbocycles. The zero-order valence-electron chi connectivity index (χ0n) is 11.4. The summed E-state index contributed by atoms with van der Waals surface area (Å²) in [4.78, 5) is 12.2. The van der Waals surface area contributed by atoms with Crippen molar-refractivity contribution in [3.05, 3.63) is 34.9 Å². The number of nitrogens with one attached hydrogen (secondary N) is 1. The number of hydrogen-bond acceptors (Lipinski definition) is 2. The summed E-state index contributed by atoms with van der Waals surface area (Å²) in [6.45, 7) is 5.28. The topological polar surface area (TPSA) is 55.1 Å². The third-order valence-electron chi connectivity index (χ3n) is 2.84. The summed E-state index contributed by atoms with van der Waals surface area (Å²) in [5.74, 6) is 0.100. The highest BCUT2D eigenvalue weighted by Crippen LogP contribution is 2.26. The normalized spacial score (nSPS) is 11.8. The lowest BCUT2D eigenvalue weighted by atomic mass is 9.87. The van der Waals surface area contributed by atoms with E-state index >= 15 is 0 Å². The fourth-order valence-corrected chi connectivity index (χ4v) is 2.16. The molecule has 1 atom stereocenters. The van der Waals surface area contributed by atoms with Crippen molar-refractivity contribution in [2.24, 2.45) is 11.7 Å². The molecule has 5 heteroatoms. The van der Waals surface area contributed by atoms with Crippen LogP contribution in [-0.4, -0.2) is 19.0 Å². The van der Waals surface area contributed by atoms with Gasteiger partial charge in [0, 0.05) is 11.6 Å². The third kappa shape index (κ3) is 5.81. The Morgan fingerprint density at radius 2 is 2.11 bits per heavy atom. The zero-order chi connectivity index (χ0) is 13.5. The van der Waals surface area contributed by atoms with Gasteiger partial charge >= 0.3 is 0 Å². The van der Waals surface area contributed by atoms with Crippen LogP contribution in [0, 0.1) is 5.92 Å². The molecule has 0 aliphatic heterocycles. The second kappa shape index (κ2) is 9.18. The van der Waals surface area contributed by atoms with Gasteiger partial charge in [-0.15, -0.1) is 12.4 Å². The van der Waals surface area contributed by atoms with Crippen molar-refractivity contribution < 1.29 is 4.79 Å². The van der Waals surface area contributed by atoms with Gasteiger partial charge in [-0.05, 0) is 36.6 Å². The Morgan fingerprint density at radius 1 is 1.42 bits per heavy atom. The molecule has 108 valence electrons. The maximum absolute atomic E-state index is 12.2. The molecule has 0 aliphatic rings. The van der Waals surface area contributed by atoms with E-state index in [4.69, 9.17) is 17.3 Å². The molecule has 1 unspecified atom stereocenters. The monoisotopic (exact) mass is 304 g/mol. The molecule has 0 spiro atoms. The van der Waals surface area contributed by atoms with Crippen LogP contribution < -0.4 is 11.1 Å². The number of carbonyl (C=O) groups is 1. The number of nitrogens with two attached hydrogens (primary N) is 1. The first-order chi connectivity index (χ1) is 8.56. The van der Waals surface area contributed by atoms with Gasteiger partial charge in [-0.25, -0.2) is 0 Å².